The number of urea groups is 1. The fourth-order valence-corrected chi connectivity index (χ4v) is 2.00. The Morgan fingerprint density at radius 2 is 1.90 bits per heavy atom. The molecule has 0 heterocycles. The number of amides is 2. The van der Waals surface area contributed by atoms with Gasteiger partial charge in [0.05, 0.1) is 6.42 Å². The maximum absolute atomic E-state index is 12.9. The van der Waals surface area contributed by atoms with Crippen LogP contribution in [0.1, 0.15) is 19.3 Å². The Hall–Kier alpha value is -2.11. The summed E-state index contributed by atoms with van der Waals surface area (Å²) in [5, 5.41) is 8.74. The van der Waals surface area contributed by atoms with Gasteiger partial charge in [-0.05, 0) is 37.1 Å². The molecule has 0 unspecified atom stereocenters. The predicted molar refractivity (Wildman–Crippen MR) is 72.2 cm³/mol. The highest BCUT2D eigenvalue weighted by Gasteiger charge is 2.34. The molecule has 0 aliphatic heterocycles. The van der Waals surface area contributed by atoms with Crippen molar-refractivity contribution < 1.29 is 19.1 Å². The standard InChI is InChI=1S/C14H17FN2O3/c1-16(11-4-2-10(15)3-5-11)14(20)17(12-6-7-12)9-8-13(18)19/h2-5,12H,6-9H2,1H3,(H,18,19). The highest BCUT2D eigenvalue weighted by atomic mass is 19.1. The summed E-state index contributed by atoms with van der Waals surface area (Å²) in [5.74, 6) is -1.28. The molecule has 5 nitrogen and oxygen atoms in total. The molecule has 2 amide bonds. The van der Waals surface area contributed by atoms with Crippen molar-refractivity contribution in [3.05, 3.63) is 30.1 Å². The smallest absolute Gasteiger partial charge is 0.324 e. The zero-order valence-electron chi connectivity index (χ0n) is 11.3. The van der Waals surface area contributed by atoms with Gasteiger partial charge in [0.2, 0.25) is 0 Å². The van der Waals surface area contributed by atoms with Gasteiger partial charge in [0, 0.05) is 25.3 Å². The highest BCUT2D eigenvalue weighted by molar-refractivity contribution is 5.92. The van der Waals surface area contributed by atoms with E-state index < -0.39 is 5.97 Å². The van der Waals surface area contributed by atoms with Crippen molar-refractivity contribution in [3.63, 3.8) is 0 Å². The maximum Gasteiger partial charge on any atom is 0.324 e. The molecule has 0 saturated heterocycles. The van der Waals surface area contributed by atoms with Crippen LogP contribution in [-0.4, -0.2) is 41.6 Å². The van der Waals surface area contributed by atoms with E-state index in [1.54, 1.807) is 11.9 Å². The minimum Gasteiger partial charge on any atom is -0.481 e. The van der Waals surface area contributed by atoms with Crippen molar-refractivity contribution in [3.8, 4) is 0 Å². The number of halogens is 1. The molecule has 0 bridgehead atoms. The number of carbonyl (C=O) groups is 2. The molecule has 20 heavy (non-hydrogen) atoms. The molecule has 0 radical (unpaired) electrons. The minimum atomic E-state index is -0.923. The van der Waals surface area contributed by atoms with Gasteiger partial charge in [-0.15, -0.1) is 0 Å². The number of benzene rings is 1. The second-order valence-corrected chi connectivity index (χ2v) is 4.89. The average molecular weight is 280 g/mol. The molecule has 108 valence electrons. The van der Waals surface area contributed by atoms with Crippen molar-refractivity contribution in [2.45, 2.75) is 25.3 Å². The van der Waals surface area contributed by atoms with Gasteiger partial charge in [-0.2, -0.15) is 0 Å². The Morgan fingerprint density at radius 1 is 1.30 bits per heavy atom. The molecular weight excluding hydrogens is 263 g/mol. The number of anilines is 1. The number of hydrogen-bond donors (Lipinski definition) is 1. The third-order valence-electron chi connectivity index (χ3n) is 3.30. The monoisotopic (exact) mass is 280 g/mol. The van der Waals surface area contributed by atoms with Crippen LogP contribution in [0.4, 0.5) is 14.9 Å². The van der Waals surface area contributed by atoms with Crippen LogP contribution in [0.2, 0.25) is 0 Å². The van der Waals surface area contributed by atoms with E-state index >= 15 is 0 Å². The molecular formula is C14H17FN2O3. The number of hydrogen-bond acceptors (Lipinski definition) is 2. The van der Waals surface area contributed by atoms with E-state index in [-0.39, 0.29) is 30.9 Å². The zero-order valence-corrected chi connectivity index (χ0v) is 11.3. The predicted octanol–water partition coefficient (Wildman–Crippen LogP) is 2.32. The van der Waals surface area contributed by atoms with Gasteiger partial charge in [-0.25, -0.2) is 9.18 Å². The molecule has 1 N–H and O–H groups in total. The third kappa shape index (κ3) is 3.46. The van der Waals surface area contributed by atoms with Crippen LogP contribution in [0, 0.1) is 5.82 Å². The van der Waals surface area contributed by atoms with Gasteiger partial charge in [-0.1, -0.05) is 0 Å². The number of rotatable bonds is 5. The van der Waals surface area contributed by atoms with Gasteiger partial charge in [0.15, 0.2) is 0 Å². The lowest BCUT2D eigenvalue weighted by Gasteiger charge is -2.28. The first-order chi connectivity index (χ1) is 9.49. The summed E-state index contributed by atoms with van der Waals surface area (Å²) in [4.78, 5) is 26.0. The topological polar surface area (TPSA) is 60.9 Å². The Labute approximate surface area is 116 Å². The summed E-state index contributed by atoms with van der Waals surface area (Å²) in [6.45, 7) is 0.199. The van der Waals surface area contributed by atoms with Crippen LogP contribution in [0.5, 0.6) is 0 Å². The summed E-state index contributed by atoms with van der Waals surface area (Å²) in [5.41, 5.74) is 0.581. The van der Waals surface area contributed by atoms with E-state index in [1.165, 1.54) is 29.2 Å². The summed E-state index contributed by atoms with van der Waals surface area (Å²) in [7, 11) is 1.60. The molecule has 1 aliphatic carbocycles. The van der Waals surface area contributed by atoms with Crippen LogP contribution < -0.4 is 4.90 Å². The fraction of sp³-hybridized carbons (Fsp3) is 0.429. The molecule has 2 rings (SSSR count). The average Bonchev–Trinajstić information content (AvgIpc) is 3.23. The number of nitrogens with zero attached hydrogens (tertiary/aromatic N) is 2. The summed E-state index contributed by atoms with van der Waals surface area (Å²) in [6, 6.07) is 5.51. The van der Waals surface area contributed by atoms with Crippen molar-refractivity contribution >= 4 is 17.7 Å². The largest absolute Gasteiger partial charge is 0.481 e. The second-order valence-electron chi connectivity index (χ2n) is 4.89. The molecule has 1 aromatic rings. The Balaban J connectivity index is 2.06. The van der Waals surface area contributed by atoms with Crippen LogP contribution in [0.15, 0.2) is 24.3 Å². The molecule has 1 aliphatic rings. The summed E-state index contributed by atoms with van der Waals surface area (Å²) < 4.78 is 12.9. The van der Waals surface area contributed by atoms with Crippen molar-refractivity contribution in [1.29, 1.82) is 0 Å². The zero-order chi connectivity index (χ0) is 14.7. The van der Waals surface area contributed by atoms with E-state index in [0.717, 1.165) is 12.8 Å². The van der Waals surface area contributed by atoms with E-state index in [2.05, 4.69) is 0 Å². The number of carboxylic acids is 1. The van der Waals surface area contributed by atoms with E-state index in [9.17, 15) is 14.0 Å². The van der Waals surface area contributed by atoms with Crippen LogP contribution in [-0.2, 0) is 4.79 Å². The molecule has 0 aromatic heterocycles. The quantitative estimate of drug-likeness (QED) is 0.900. The fourth-order valence-electron chi connectivity index (χ4n) is 2.00. The van der Waals surface area contributed by atoms with Crippen LogP contribution >= 0.6 is 0 Å². The van der Waals surface area contributed by atoms with Crippen molar-refractivity contribution in [2.24, 2.45) is 0 Å². The third-order valence-corrected chi connectivity index (χ3v) is 3.30. The molecule has 0 atom stereocenters. The van der Waals surface area contributed by atoms with Crippen LogP contribution in [0.25, 0.3) is 0 Å². The molecule has 1 saturated carbocycles. The summed E-state index contributed by atoms with van der Waals surface area (Å²) >= 11 is 0. The molecule has 6 heteroatoms. The first-order valence-corrected chi connectivity index (χ1v) is 6.50. The van der Waals surface area contributed by atoms with Gasteiger partial charge >= 0.3 is 12.0 Å². The van der Waals surface area contributed by atoms with E-state index in [4.69, 9.17) is 5.11 Å². The van der Waals surface area contributed by atoms with Gasteiger partial charge in [0.25, 0.3) is 0 Å². The lowest BCUT2D eigenvalue weighted by atomic mass is 10.3. The van der Waals surface area contributed by atoms with E-state index in [0.29, 0.717) is 5.69 Å². The molecule has 0 spiro atoms. The Morgan fingerprint density at radius 3 is 2.40 bits per heavy atom. The van der Waals surface area contributed by atoms with Crippen LogP contribution in [0.3, 0.4) is 0 Å². The van der Waals surface area contributed by atoms with Gasteiger partial charge in [0.1, 0.15) is 5.82 Å². The maximum atomic E-state index is 12.9. The normalized spacial score (nSPS) is 13.9. The molecule has 1 aromatic carbocycles. The number of aliphatic carboxylic acids is 1. The van der Waals surface area contributed by atoms with Gasteiger partial charge < -0.3 is 10.0 Å². The number of carboxylic acid groups (broad SMARTS) is 1. The first kappa shape index (κ1) is 14.3. The highest BCUT2D eigenvalue weighted by Crippen LogP contribution is 2.28. The second kappa shape index (κ2) is 5.90. The molecule has 1 fully saturated rings. The van der Waals surface area contributed by atoms with Crippen molar-refractivity contribution in [2.75, 3.05) is 18.5 Å². The van der Waals surface area contributed by atoms with Crippen molar-refractivity contribution in [1.82, 2.24) is 4.90 Å². The minimum absolute atomic E-state index is 0.0699. The lowest BCUT2D eigenvalue weighted by molar-refractivity contribution is -0.137. The first-order valence-electron chi connectivity index (χ1n) is 6.50. The Kier molecular flexibility index (Phi) is 4.22. The number of carbonyl (C=O) groups excluding carboxylic acids is 1. The van der Waals surface area contributed by atoms with Gasteiger partial charge in [-0.3, -0.25) is 9.69 Å². The summed E-state index contributed by atoms with van der Waals surface area (Å²) in [6.07, 6.45) is 1.74. The SMILES string of the molecule is CN(C(=O)N(CCC(=O)O)C1CC1)c1ccc(F)cc1. The lowest BCUT2D eigenvalue weighted by Crippen LogP contribution is -2.43. The Bertz CT molecular complexity index is 500. The van der Waals surface area contributed by atoms with E-state index in [1.807, 2.05) is 0 Å².